The molecule has 0 saturated carbocycles. The standard InChI is InChI=1S/C18H14N2O5S/c1-23-17(22)10-6-7-11-15(8-10)26-18(19-11)20-16(21)14-9-24-12-4-2-3-5-13(12)25-14/h2-8,14H,9H2,1H3,(H,19,20,21). The Morgan fingerprint density at radius 1 is 1.23 bits per heavy atom. The van der Waals surface area contributed by atoms with Crippen LogP contribution >= 0.6 is 11.3 Å². The SMILES string of the molecule is COC(=O)c1ccc2nc(NC(=O)C3COc4ccccc4O3)sc2c1. The van der Waals surface area contributed by atoms with E-state index in [0.29, 0.717) is 27.7 Å². The van der Waals surface area contributed by atoms with Crippen molar-refractivity contribution in [2.45, 2.75) is 6.10 Å². The van der Waals surface area contributed by atoms with Gasteiger partial charge in [0, 0.05) is 0 Å². The lowest BCUT2D eigenvalue weighted by molar-refractivity contribution is -0.125. The predicted octanol–water partition coefficient (Wildman–Crippen LogP) is 2.86. The number of esters is 1. The van der Waals surface area contributed by atoms with Gasteiger partial charge in [0.25, 0.3) is 5.91 Å². The number of rotatable bonds is 3. The highest BCUT2D eigenvalue weighted by atomic mass is 32.1. The average Bonchev–Trinajstić information content (AvgIpc) is 3.08. The second-order valence-electron chi connectivity index (χ2n) is 5.55. The van der Waals surface area contributed by atoms with Crippen molar-refractivity contribution in [2.24, 2.45) is 0 Å². The van der Waals surface area contributed by atoms with Crippen LogP contribution in [0.15, 0.2) is 42.5 Å². The van der Waals surface area contributed by atoms with Gasteiger partial charge in [-0.15, -0.1) is 0 Å². The second kappa shape index (κ2) is 6.64. The van der Waals surface area contributed by atoms with Crippen LogP contribution in [0.1, 0.15) is 10.4 Å². The molecule has 0 spiro atoms. The number of fused-ring (bicyclic) bond motifs is 2. The van der Waals surface area contributed by atoms with Crippen molar-refractivity contribution >= 4 is 38.6 Å². The van der Waals surface area contributed by atoms with E-state index in [4.69, 9.17) is 14.2 Å². The summed E-state index contributed by atoms with van der Waals surface area (Å²) in [6.07, 6.45) is -0.762. The number of anilines is 1. The highest BCUT2D eigenvalue weighted by Gasteiger charge is 2.28. The Balaban J connectivity index is 1.50. The summed E-state index contributed by atoms with van der Waals surface area (Å²) < 4.78 is 16.7. The molecule has 2 heterocycles. The fraction of sp³-hybridized carbons (Fsp3) is 0.167. The molecule has 1 N–H and O–H groups in total. The first-order valence-corrected chi connectivity index (χ1v) is 8.64. The first-order chi connectivity index (χ1) is 12.6. The molecular weight excluding hydrogens is 356 g/mol. The van der Waals surface area contributed by atoms with Crippen molar-refractivity contribution in [3.05, 3.63) is 48.0 Å². The van der Waals surface area contributed by atoms with Gasteiger partial charge in [0.05, 0.1) is 22.9 Å². The molecule has 1 aliphatic rings. The smallest absolute Gasteiger partial charge is 0.337 e. The summed E-state index contributed by atoms with van der Waals surface area (Å²) in [7, 11) is 1.33. The number of aromatic nitrogens is 1. The Bertz CT molecular complexity index is 1000. The summed E-state index contributed by atoms with van der Waals surface area (Å²) in [6, 6.07) is 12.2. The fourth-order valence-corrected chi connectivity index (χ4v) is 3.47. The van der Waals surface area contributed by atoms with Crippen LogP contribution in [0.3, 0.4) is 0 Å². The van der Waals surface area contributed by atoms with Gasteiger partial charge in [0.15, 0.2) is 16.6 Å². The minimum atomic E-state index is -0.762. The van der Waals surface area contributed by atoms with E-state index >= 15 is 0 Å². The van der Waals surface area contributed by atoms with Crippen molar-refractivity contribution in [1.82, 2.24) is 4.98 Å². The van der Waals surface area contributed by atoms with E-state index in [1.165, 1.54) is 18.4 Å². The largest absolute Gasteiger partial charge is 0.485 e. The number of amides is 1. The highest BCUT2D eigenvalue weighted by molar-refractivity contribution is 7.22. The molecule has 1 aliphatic heterocycles. The monoisotopic (exact) mass is 370 g/mol. The topological polar surface area (TPSA) is 86.8 Å². The molecule has 132 valence electrons. The number of carbonyl (C=O) groups excluding carboxylic acids is 2. The van der Waals surface area contributed by atoms with E-state index in [1.807, 2.05) is 12.1 Å². The minimum Gasteiger partial charge on any atom is -0.485 e. The molecule has 1 amide bonds. The molecule has 1 atom stereocenters. The zero-order valence-corrected chi connectivity index (χ0v) is 14.5. The molecular formula is C18H14N2O5S. The first kappa shape index (κ1) is 16.3. The van der Waals surface area contributed by atoms with Crippen LogP contribution in [0, 0.1) is 0 Å². The number of nitrogens with one attached hydrogen (secondary N) is 1. The Labute approximate surface area is 152 Å². The van der Waals surface area contributed by atoms with Gasteiger partial charge in [-0.3, -0.25) is 10.1 Å². The highest BCUT2D eigenvalue weighted by Crippen LogP contribution is 2.32. The van der Waals surface area contributed by atoms with E-state index in [-0.39, 0.29) is 12.5 Å². The van der Waals surface area contributed by atoms with E-state index < -0.39 is 12.1 Å². The summed E-state index contributed by atoms with van der Waals surface area (Å²) in [5, 5.41) is 3.17. The van der Waals surface area contributed by atoms with Crippen LogP contribution in [0.5, 0.6) is 11.5 Å². The Morgan fingerprint density at radius 3 is 2.85 bits per heavy atom. The molecule has 0 aliphatic carbocycles. The van der Waals surface area contributed by atoms with Crippen LogP contribution in [0.25, 0.3) is 10.2 Å². The second-order valence-corrected chi connectivity index (χ2v) is 6.58. The summed E-state index contributed by atoms with van der Waals surface area (Å²) in [6.45, 7) is 0.125. The van der Waals surface area contributed by atoms with E-state index in [2.05, 4.69) is 10.3 Å². The number of benzene rings is 2. The van der Waals surface area contributed by atoms with Crippen LogP contribution in [0.4, 0.5) is 5.13 Å². The predicted molar refractivity (Wildman–Crippen MR) is 95.9 cm³/mol. The third kappa shape index (κ3) is 3.06. The van der Waals surface area contributed by atoms with Gasteiger partial charge in [-0.05, 0) is 30.3 Å². The molecule has 2 aromatic carbocycles. The summed E-state index contributed by atoms with van der Waals surface area (Å²) in [5.41, 5.74) is 1.12. The number of carbonyl (C=O) groups is 2. The normalized spacial score (nSPS) is 15.5. The zero-order chi connectivity index (χ0) is 18.1. The quantitative estimate of drug-likeness (QED) is 0.714. The third-order valence-corrected chi connectivity index (χ3v) is 4.77. The van der Waals surface area contributed by atoms with Crippen molar-refractivity contribution in [3.63, 3.8) is 0 Å². The number of nitrogens with zero attached hydrogens (tertiary/aromatic N) is 1. The number of hydrogen-bond acceptors (Lipinski definition) is 7. The Morgan fingerprint density at radius 2 is 2.04 bits per heavy atom. The lowest BCUT2D eigenvalue weighted by atomic mass is 10.2. The number of thiazole rings is 1. The summed E-state index contributed by atoms with van der Waals surface area (Å²) in [4.78, 5) is 28.4. The molecule has 3 aromatic rings. The van der Waals surface area contributed by atoms with Crippen molar-refractivity contribution in [1.29, 1.82) is 0 Å². The summed E-state index contributed by atoms with van der Waals surface area (Å²) in [5.74, 6) is 0.391. The zero-order valence-electron chi connectivity index (χ0n) is 13.7. The number of methoxy groups -OCH3 is 1. The maximum Gasteiger partial charge on any atom is 0.337 e. The van der Waals surface area contributed by atoms with Gasteiger partial charge in [0.1, 0.15) is 6.61 Å². The Kier molecular flexibility index (Phi) is 4.18. The maximum atomic E-state index is 12.5. The molecule has 8 heteroatoms. The lowest BCUT2D eigenvalue weighted by Crippen LogP contribution is -2.40. The molecule has 0 bridgehead atoms. The molecule has 26 heavy (non-hydrogen) atoms. The van der Waals surface area contributed by atoms with E-state index in [9.17, 15) is 9.59 Å². The van der Waals surface area contributed by atoms with E-state index in [1.54, 1.807) is 30.3 Å². The molecule has 0 fully saturated rings. The van der Waals surface area contributed by atoms with Crippen LogP contribution < -0.4 is 14.8 Å². The van der Waals surface area contributed by atoms with Gasteiger partial charge >= 0.3 is 5.97 Å². The number of ether oxygens (including phenoxy) is 3. The minimum absolute atomic E-state index is 0.125. The van der Waals surface area contributed by atoms with Crippen LogP contribution in [-0.2, 0) is 9.53 Å². The Hall–Kier alpha value is -3.13. The number of para-hydroxylation sites is 2. The van der Waals surface area contributed by atoms with Crippen molar-refractivity contribution in [2.75, 3.05) is 19.0 Å². The van der Waals surface area contributed by atoms with Crippen molar-refractivity contribution < 1.29 is 23.8 Å². The van der Waals surface area contributed by atoms with Gasteiger partial charge in [0.2, 0.25) is 6.10 Å². The fourth-order valence-electron chi connectivity index (χ4n) is 2.56. The van der Waals surface area contributed by atoms with Gasteiger partial charge in [-0.1, -0.05) is 23.5 Å². The molecule has 1 unspecified atom stereocenters. The van der Waals surface area contributed by atoms with Gasteiger partial charge in [-0.25, -0.2) is 9.78 Å². The third-order valence-electron chi connectivity index (χ3n) is 3.84. The molecule has 0 radical (unpaired) electrons. The lowest BCUT2D eigenvalue weighted by Gasteiger charge is -2.25. The molecule has 1 aromatic heterocycles. The number of hydrogen-bond donors (Lipinski definition) is 1. The maximum absolute atomic E-state index is 12.5. The van der Waals surface area contributed by atoms with Crippen LogP contribution in [0.2, 0.25) is 0 Å². The average molecular weight is 370 g/mol. The molecule has 7 nitrogen and oxygen atoms in total. The first-order valence-electron chi connectivity index (χ1n) is 7.82. The van der Waals surface area contributed by atoms with Gasteiger partial charge in [-0.2, -0.15) is 0 Å². The van der Waals surface area contributed by atoms with Crippen molar-refractivity contribution in [3.8, 4) is 11.5 Å². The van der Waals surface area contributed by atoms with E-state index in [0.717, 1.165) is 4.70 Å². The summed E-state index contributed by atoms with van der Waals surface area (Å²) >= 11 is 1.27. The molecule has 0 saturated heterocycles. The van der Waals surface area contributed by atoms with Gasteiger partial charge < -0.3 is 14.2 Å². The molecule has 4 rings (SSSR count). The van der Waals surface area contributed by atoms with Crippen LogP contribution in [-0.4, -0.2) is 36.7 Å².